The third kappa shape index (κ3) is 8.46. The Kier molecular flexibility index (Phi) is 9.65. The molecule has 0 amide bonds. The van der Waals surface area contributed by atoms with Gasteiger partial charge in [0.1, 0.15) is 0 Å². The topological polar surface area (TPSA) is 26.3 Å². The summed E-state index contributed by atoms with van der Waals surface area (Å²) < 4.78 is 5.20. The lowest BCUT2D eigenvalue weighted by Gasteiger charge is -2.15. The van der Waals surface area contributed by atoms with Gasteiger partial charge in [0.05, 0.1) is 6.61 Å². The lowest BCUT2D eigenvalue weighted by molar-refractivity contribution is -0.144. The predicted octanol–water partition coefficient (Wildman–Crippen LogP) is 3.94. The molecule has 0 aliphatic heterocycles. The van der Waals surface area contributed by atoms with Crippen molar-refractivity contribution in [1.29, 1.82) is 0 Å². The summed E-state index contributed by atoms with van der Waals surface area (Å²) in [6.45, 7) is 6.87. The molecule has 0 aromatic rings. The molecular weight excluding hydrogens is 188 g/mol. The van der Waals surface area contributed by atoms with Crippen LogP contribution in [0, 0.1) is 5.92 Å². The molecule has 15 heavy (non-hydrogen) atoms. The number of ether oxygens (including phenoxy) is 1. The molecule has 90 valence electrons. The average molecular weight is 214 g/mol. The highest BCUT2D eigenvalue weighted by molar-refractivity contribution is 5.68. The maximum atomic E-state index is 11.0. The molecule has 0 bridgehead atoms. The summed E-state index contributed by atoms with van der Waals surface area (Å²) in [6, 6.07) is 0. The maximum Gasteiger partial charge on any atom is 0.305 e. The van der Waals surface area contributed by atoms with E-state index in [4.69, 9.17) is 4.74 Å². The molecule has 0 fully saturated rings. The van der Waals surface area contributed by atoms with Gasteiger partial charge in [-0.3, -0.25) is 4.79 Å². The van der Waals surface area contributed by atoms with Gasteiger partial charge in [-0.1, -0.05) is 46.5 Å². The predicted molar refractivity (Wildman–Crippen MR) is 63.8 cm³/mol. The summed E-state index contributed by atoms with van der Waals surface area (Å²) >= 11 is 0. The Morgan fingerprint density at radius 2 is 1.80 bits per heavy atom. The SMILES string of the molecule is CCCCC[C@H](CCC)COC(=O)CC. The minimum absolute atomic E-state index is 0.0633. The quantitative estimate of drug-likeness (QED) is 0.429. The van der Waals surface area contributed by atoms with Crippen LogP contribution in [0.2, 0.25) is 0 Å². The standard InChI is InChI=1S/C13H26O2/c1-4-7-8-10-12(9-5-2)11-15-13(14)6-3/h12H,4-11H2,1-3H3/t12-/m0/s1. The van der Waals surface area contributed by atoms with Gasteiger partial charge in [-0.05, 0) is 18.8 Å². The van der Waals surface area contributed by atoms with Crippen molar-refractivity contribution < 1.29 is 9.53 Å². The lowest BCUT2D eigenvalue weighted by Crippen LogP contribution is -2.13. The largest absolute Gasteiger partial charge is 0.465 e. The number of esters is 1. The fourth-order valence-electron chi connectivity index (χ4n) is 1.72. The Balaban J connectivity index is 3.66. The Morgan fingerprint density at radius 1 is 1.07 bits per heavy atom. The molecule has 0 saturated carbocycles. The molecule has 0 aromatic heterocycles. The maximum absolute atomic E-state index is 11.0. The van der Waals surface area contributed by atoms with E-state index < -0.39 is 0 Å². The number of hydrogen-bond acceptors (Lipinski definition) is 2. The van der Waals surface area contributed by atoms with Gasteiger partial charge in [-0.15, -0.1) is 0 Å². The van der Waals surface area contributed by atoms with E-state index in [0.29, 0.717) is 18.9 Å². The molecule has 0 heterocycles. The molecule has 1 atom stereocenters. The average Bonchev–Trinajstić information content (AvgIpc) is 2.25. The van der Waals surface area contributed by atoms with Crippen molar-refractivity contribution in [3.63, 3.8) is 0 Å². The molecule has 0 aliphatic rings. The van der Waals surface area contributed by atoms with E-state index >= 15 is 0 Å². The van der Waals surface area contributed by atoms with Crippen molar-refractivity contribution in [2.75, 3.05) is 6.61 Å². The Labute approximate surface area is 94.4 Å². The van der Waals surface area contributed by atoms with Crippen LogP contribution in [-0.2, 0) is 9.53 Å². The van der Waals surface area contributed by atoms with E-state index in [1.165, 1.54) is 38.5 Å². The summed E-state index contributed by atoms with van der Waals surface area (Å²) in [4.78, 5) is 11.0. The monoisotopic (exact) mass is 214 g/mol. The van der Waals surface area contributed by atoms with Crippen LogP contribution >= 0.6 is 0 Å². The minimum atomic E-state index is -0.0633. The van der Waals surface area contributed by atoms with Crippen LogP contribution in [0.3, 0.4) is 0 Å². The zero-order valence-corrected chi connectivity index (χ0v) is 10.6. The molecule has 0 saturated heterocycles. The molecule has 0 radical (unpaired) electrons. The number of carbonyl (C=O) groups is 1. The van der Waals surface area contributed by atoms with Gasteiger partial charge < -0.3 is 4.74 Å². The second-order valence-electron chi connectivity index (χ2n) is 4.19. The smallest absolute Gasteiger partial charge is 0.305 e. The molecule has 0 rings (SSSR count). The summed E-state index contributed by atoms with van der Waals surface area (Å²) in [5, 5.41) is 0. The van der Waals surface area contributed by atoms with Gasteiger partial charge in [-0.2, -0.15) is 0 Å². The first-order valence-corrected chi connectivity index (χ1v) is 6.40. The van der Waals surface area contributed by atoms with Crippen molar-refractivity contribution in [3.05, 3.63) is 0 Å². The highest BCUT2D eigenvalue weighted by atomic mass is 16.5. The molecule has 2 heteroatoms. The van der Waals surface area contributed by atoms with Crippen molar-refractivity contribution in [2.24, 2.45) is 5.92 Å². The number of unbranched alkanes of at least 4 members (excludes halogenated alkanes) is 2. The summed E-state index contributed by atoms with van der Waals surface area (Å²) in [6.07, 6.45) is 7.88. The van der Waals surface area contributed by atoms with Gasteiger partial charge in [0.2, 0.25) is 0 Å². The number of hydrogen-bond donors (Lipinski definition) is 0. The summed E-state index contributed by atoms with van der Waals surface area (Å²) in [7, 11) is 0. The second-order valence-corrected chi connectivity index (χ2v) is 4.19. The van der Waals surface area contributed by atoms with Gasteiger partial charge >= 0.3 is 5.97 Å². The molecule has 0 aromatic carbocycles. The van der Waals surface area contributed by atoms with Crippen LogP contribution in [0.25, 0.3) is 0 Å². The fraction of sp³-hybridized carbons (Fsp3) is 0.923. The highest BCUT2D eigenvalue weighted by Gasteiger charge is 2.09. The Hall–Kier alpha value is -0.530. The van der Waals surface area contributed by atoms with Crippen molar-refractivity contribution in [1.82, 2.24) is 0 Å². The molecule has 0 N–H and O–H groups in total. The molecule has 0 spiro atoms. The first kappa shape index (κ1) is 14.5. The van der Waals surface area contributed by atoms with Gasteiger partial charge in [0.15, 0.2) is 0 Å². The number of rotatable bonds is 9. The third-order valence-electron chi connectivity index (χ3n) is 2.68. The van der Waals surface area contributed by atoms with Crippen LogP contribution < -0.4 is 0 Å². The van der Waals surface area contributed by atoms with E-state index in [0.717, 1.165) is 0 Å². The van der Waals surface area contributed by atoms with Gasteiger partial charge in [0.25, 0.3) is 0 Å². The third-order valence-corrected chi connectivity index (χ3v) is 2.68. The van der Waals surface area contributed by atoms with Gasteiger partial charge in [0, 0.05) is 6.42 Å². The van der Waals surface area contributed by atoms with Crippen molar-refractivity contribution in [3.8, 4) is 0 Å². The first-order chi connectivity index (χ1) is 7.24. The summed E-state index contributed by atoms with van der Waals surface area (Å²) in [5.41, 5.74) is 0. The normalized spacial score (nSPS) is 12.5. The molecular formula is C13H26O2. The van der Waals surface area contributed by atoms with Crippen LogP contribution in [0.5, 0.6) is 0 Å². The van der Waals surface area contributed by atoms with Crippen molar-refractivity contribution >= 4 is 5.97 Å². The first-order valence-electron chi connectivity index (χ1n) is 6.40. The van der Waals surface area contributed by atoms with E-state index in [9.17, 15) is 4.79 Å². The zero-order valence-electron chi connectivity index (χ0n) is 10.6. The van der Waals surface area contributed by atoms with E-state index in [1.54, 1.807) is 0 Å². The van der Waals surface area contributed by atoms with Crippen LogP contribution in [0.4, 0.5) is 0 Å². The molecule has 0 aliphatic carbocycles. The Morgan fingerprint density at radius 3 is 2.33 bits per heavy atom. The fourth-order valence-corrected chi connectivity index (χ4v) is 1.72. The highest BCUT2D eigenvalue weighted by Crippen LogP contribution is 2.16. The lowest BCUT2D eigenvalue weighted by atomic mass is 9.97. The second kappa shape index (κ2) is 10.0. The van der Waals surface area contributed by atoms with Crippen LogP contribution in [0.1, 0.15) is 65.7 Å². The van der Waals surface area contributed by atoms with E-state index in [1.807, 2.05) is 6.92 Å². The van der Waals surface area contributed by atoms with Gasteiger partial charge in [-0.25, -0.2) is 0 Å². The summed E-state index contributed by atoms with van der Waals surface area (Å²) in [5.74, 6) is 0.517. The van der Waals surface area contributed by atoms with Crippen LogP contribution in [0.15, 0.2) is 0 Å². The van der Waals surface area contributed by atoms with E-state index in [2.05, 4.69) is 13.8 Å². The Bertz CT molecular complexity index is 155. The van der Waals surface area contributed by atoms with Crippen molar-refractivity contribution in [2.45, 2.75) is 65.7 Å². The van der Waals surface area contributed by atoms with E-state index in [-0.39, 0.29) is 5.97 Å². The number of carbonyl (C=O) groups excluding carboxylic acids is 1. The zero-order chi connectivity index (χ0) is 11.5. The molecule has 2 nitrogen and oxygen atoms in total. The van der Waals surface area contributed by atoms with Crippen LogP contribution in [-0.4, -0.2) is 12.6 Å². The molecule has 0 unspecified atom stereocenters. The minimum Gasteiger partial charge on any atom is -0.465 e.